The zero-order chi connectivity index (χ0) is 13.9. The van der Waals surface area contributed by atoms with E-state index in [0.29, 0.717) is 12.5 Å². The van der Waals surface area contributed by atoms with Crippen LogP contribution in [-0.4, -0.2) is 17.3 Å². The minimum absolute atomic E-state index is 0.0829. The van der Waals surface area contributed by atoms with Gasteiger partial charge in [-0.05, 0) is 36.8 Å². The van der Waals surface area contributed by atoms with Crippen molar-refractivity contribution in [2.75, 3.05) is 6.54 Å². The maximum absolute atomic E-state index is 12.9. The van der Waals surface area contributed by atoms with Crippen LogP contribution in [0, 0.1) is 11.8 Å². The van der Waals surface area contributed by atoms with Gasteiger partial charge in [-0.15, -0.1) is 0 Å². The molecule has 3 heteroatoms. The van der Waals surface area contributed by atoms with E-state index in [-0.39, 0.29) is 11.7 Å². The molecule has 0 amide bonds. The molecule has 2 unspecified atom stereocenters. The lowest BCUT2D eigenvalue weighted by atomic mass is 9.75. The molecule has 1 aromatic carbocycles. The summed E-state index contributed by atoms with van der Waals surface area (Å²) in [7, 11) is 0. The maximum Gasteiger partial charge on any atom is 0.166 e. The van der Waals surface area contributed by atoms with Gasteiger partial charge in [-0.1, -0.05) is 31.0 Å². The highest BCUT2D eigenvalue weighted by Crippen LogP contribution is 2.33. The van der Waals surface area contributed by atoms with Gasteiger partial charge in [-0.3, -0.25) is 9.78 Å². The fourth-order valence-electron chi connectivity index (χ4n) is 3.36. The number of pyridine rings is 1. The number of aromatic nitrogens is 1. The van der Waals surface area contributed by atoms with Gasteiger partial charge in [0, 0.05) is 29.3 Å². The second-order valence-electron chi connectivity index (χ2n) is 5.65. The summed E-state index contributed by atoms with van der Waals surface area (Å²) in [4.78, 5) is 17.1. The molecule has 0 bridgehead atoms. The predicted molar refractivity (Wildman–Crippen MR) is 80.6 cm³/mol. The van der Waals surface area contributed by atoms with Gasteiger partial charge in [-0.2, -0.15) is 0 Å². The molecule has 1 saturated carbocycles. The van der Waals surface area contributed by atoms with E-state index in [9.17, 15) is 4.79 Å². The zero-order valence-corrected chi connectivity index (χ0v) is 11.6. The van der Waals surface area contributed by atoms with E-state index >= 15 is 0 Å². The van der Waals surface area contributed by atoms with Gasteiger partial charge in [0.15, 0.2) is 5.78 Å². The van der Waals surface area contributed by atoms with E-state index < -0.39 is 0 Å². The van der Waals surface area contributed by atoms with E-state index in [2.05, 4.69) is 4.98 Å². The summed E-state index contributed by atoms with van der Waals surface area (Å²) < 4.78 is 0. The number of carbonyl (C=O) groups is 1. The summed E-state index contributed by atoms with van der Waals surface area (Å²) in [6, 6.07) is 7.85. The number of rotatable bonds is 3. The normalized spacial score (nSPS) is 22.9. The summed E-state index contributed by atoms with van der Waals surface area (Å²) in [5.74, 6) is 0.668. The van der Waals surface area contributed by atoms with Crippen LogP contribution in [0.2, 0.25) is 0 Å². The van der Waals surface area contributed by atoms with Gasteiger partial charge in [-0.25, -0.2) is 0 Å². The van der Waals surface area contributed by atoms with Crippen LogP contribution in [0.25, 0.3) is 10.8 Å². The first-order valence-electron chi connectivity index (χ1n) is 7.38. The monoisotopic (exact) mass is 268 g/mol. The molecule has 1 aliphatic rings. The molecule has 0 aliphatic heterocycles. The third-order valence-electron chi connectivity index (χ3n) is 4.50. The van der Waals surface area contributed by atoms with Crippen LogP contribution >= 0.6 is 0 Å². The lowest BCUT2D eigenvalue weighted by Gasteiger charge is -2.29. The van der Waals surface area contributed by atoms with Gasteiger partial charge in [0.1, 0.15) is 0 Å². The number of fused-ring (bicyclic) bond motifs is 1. The Bertz CT molecular complexity index is 618. The molecule has 2 atom stereocenters. The number of benzene rings is 1. The Morgan fingerprint density at radius 2 is 2.10 bits per heavy atom. The predicted octanol–water partition coefficient (Wildman–Crippen LogP) is 3.18. The molecule has 2 aromatic rings. The molecule has 0 saturated heterocycles. The molecule has 2 N–H and O–H groups in total. The summed E-state index contributed by atoms with van der Waals surface area (Å²) in [5.41, 5.74) is 6.66. The summed E-state index contributed by atoms with van der Waals surface area (Å²) >= 11 is 0. The Balaban J connectivity index is 1.99. The van der Waals surface area contributed by atoms with Crippen LogP contribution in [0.15, 0.2) is 36.7 Å². The van der Waals surface area contributed by atoms with Crippen molar-refractivity contribution in [3.05, 3.63) is 42.2 Å². The minimum Gasteiger partial charge on any atom is -0.330 e. The molecule has 1 heterocycles. The van der Waals surface area contributed by atoms with Gasteiger partial charge in [0.2, 0.25) is 0 Å². The third-order valence-corrected chi connectivity index (χ3v) is 4.50. The molecule has 3 rings (SSSR count). The number of Topliss-reactive ketones (excluding diaryl/α,β-unsaturated/α-hetero) is 1. The highest BCUT2D eigenvalue weighted by molar-refractivity contribution is 6.09. The molecule has 0 radical (unpaired) electrons. The van der Waals surface area contributed by atoms with Crippen LogP contribution in [0.1, 0.15) is 36.0 Å². The summed E-state index contributed by atoms with van der Waals surface area (Å²) in [6.07, 6.45) is 7.94. The van der Waals surface area contributed by atoms with Gasteiger partial charge >= 0.3 is 0 Å². The van der Waals surface area contributed by atoms with Crippen molar-refractivity contribution in [3.8, 4) is 0 Å². The van der Waals surface area contributed by atoms with Crippen LogP contribution in [0.4, 0.5) is 0 Å². The Morgan fingerprint density at radius 1 is 1.25 bits per heavy atom. The maximum atomic E-state index is 12.9. The lowest BCUT2D eigenvalue weighted by molar-refractivity contribution is 0.0831. The molecule has 1 aromatic heterocycles. The molecular weight excluding hydrogens is 248 g/mol. The first-order chi connectivity index (χ1) is 9.81. The van der Waals surface area contributed by atoms with E-state index in [4.69, 9.17) is 5.73 Å². The second-order valence-corrected chi connectivity index (χ2v) is 5.65. The number of hydrogen-bond acceptors (Lipinski definition) is 3. The first-order valence-corrected chi connectivity index (χ1v) is 7.38. The Hall–Kier alpha value is -1.74. The fraction of sp³-hybridized carbons (Fsp3) is 0.412. The number of hydrogen-bond donors (Lipinski definition) is 1. The van der Waals surface area contributed by atoms with Crippen molar-refractivity contribution in [3.63, 3.8) is 0 Å². The van der Waals surface area contributed by atoms with Crippen molar-refractivity contribution in [2.24, 2.45) is 17.6 Å². The van der Waals surface area contributed by atoms with Gasteiger partial charge in [0.25, 0.3) is 0 Å². The van der Waals surface area contributed by atoms with E-state index in [0.717, 1.165) is 35.6 Å². The summed E-state index contributed by atoms with van der Waals surface area (Å²) in [6.45, 7) is 0.611. The highest BCUT2D eigenvalue weighted by Gasteiger charge is 2.31. The van der Waals surface area contributed by atoms with Crippen LogP contribution in [0.5, 0.6) is 0 Å². The molecule has 20 heavy (non-hydrogen) atoms. The van der Waals surface area contributed by atoms with Crippen LogP contribution in [0.3, 0.4) is 0 Å². The van der Waals surface area contributed by atoms with Gasteiger partial charge < -0.3 is 5.73 Å². The summed E-state index contributed by atoms with van der Waals surface area (Å²) in [5, 5.41) is 2.03. The number of ketones is 1. The molecule has 1 fully saturated rings. The molecule has 3 nitrogen and oxygen atoms in total. The Morgan fingerprint density at radius 3 is 2.95 bits per heavy atom. The standard InChI is InChI=1S/C17H20N2O/c18-10-13-4-1-2-6-14(13)17(20)15-7-3-5-12-8-9-19-11-16(12)15/h3,5,7-9,11,13-14H,1-2,4,6,10,18H2. The highest BCUT2D eigenvalue weighted by atomic mass is 16.1. The number of nitrogens with zero attached hydrogens (tertiary/aromatic N) is 1. The molecule has 1 aliphatic carbocycles. The Labute approximate surface area is 119 Å². The van der Waals surface area contributed by atoms with Crippen molar-refractivity contribution >= 4 is 16.6 Å². The smallest absolute Gasteiger partial charge is 0.166 e. The van der Waals surface area contributed by atoms with Crippen molar-refractivity contribution in [1.82, 2.24) is 4.98 Å². The van der Waals surface area contributed by atoms with Crippen molar-refractivity contribution in [1.29, 1.82) is 0 Å². The average molecular weight is 268 g/mol. The lowest BCUT2D eigenvalue weighted by Crippen LogP contribution is -2.32. The van der Waals surface area contributed by atoms with Gasteiger partial charge in [0.05, 0.1) is 0 Å². The minimum atomic E-state index is 0.0829. The average Bonchev–Trinajstić information content (AvgIpc) is 2.53. The molecule has 0 spiro atoms. The van der Waals surface area contributed by atoms with E-state index in [1.807, 2.05) is 24.3 Å². The SMILES string of the molecule is NCC1CCCCC1C(=O)c1cccc2ccncc12. The topological polar surface area (TPSA) is 56.0 Å². The third kappa shape index (κ3) is 2.34. The Kier molecular flexibility index (Phi) is 3.79. The largest absolute Gasteiger partial charge is 0.330 e. The van der Waals surface area contributed by atoms with Crippen LogP contribution < -0.4 is 5.73 Å². The second kappa shape index (κ2) is 5.71. The van der Waals surface area contributed by atoms with E-state index in [1.165, 1.54) is 6.42 Å². The van der Waals surface area contributed by atoms with Crippen LogP contribution in [-0.2, 0) is 0 Å². The van der Waals surface area contributed by atoms with Crippen molar-refractivity contribution < 1.29 is 4.79 Å². The first kappa shape index (κ1) is 13.3. The quantitative estimate of drug-likeness (QED) is 0.870. The molecular formula is C17H20N2O. The fourth-order valence-corrected chi connectivity index (χ4v) is 3.36. The van der Waals surface area contributed by atoms with E-state index in [1.54, 1.807) is 12.4 Å². The molecule has 104 valence electrons. The zero-order valence-electron chi connectivity index (χ0n) is 11.6. The van der Waals surface area contributed by atoms with Crippen molar-refractivity contribution in [2.45, 2.75) is 25.7 Å². The number of carbonyl (C=O) groups excluding carboxylic acids is 1. The number of nitrogens with two attached hydrogens (primary N) is 1.